The van der Waals surface area contributed by atoms with Crippen molar-refractivity contribution in [2.45, 2.75) is 45.6 Å². The summed E-state index contributed by atoms with van der Waals surface area (Å²) in [4.78, 5) is 14.2. The Morgan fingerprint density at radius 3 is 2.58 bits per heavy atom. The van der Waals surface area contributed by atoms with Crippen molar-refractivity contribution >= 4 is 5.91 Å². The van der Waals surface area contributed by atoms with Crippen LogP contribution < -0.4 is 11.1 Å². The number of piperidine rings is 1. The highest BCUT2D eigenvalue weighted by Gasteiger charge is 2.28. The molecule has 0 aromatic heterocycles. The van der Waals surface area contributed by atoms with E-state index in [0.717, 1.165) is 38.5 Å². The smallest absolute Gasteiger partial charge is 0.239 e. The summed E-state index contributed by atoms with van der Waals surface area (Å²) in [5.41, 5.74) is 5.98. The molecule has 0 radical (unpaired) electrons. The van der Waals surface area contributed by atoms with Crippen LogP contribution >= 0.6 is 0 Å². The minimum Gasteiger partial charge on any atom is -0.341 e. The number of nitrogens with two attached hydrogens (primary N) is 1. The Morgan fingerprint density at radius 2 is 1.95 bits per heavy atom. The van der Waals surface area contributed by atoms with Crippen LogP contribution in [0.5, 0.6) is 0 Å². The van der Waals surface area contributed by atoms with Crippen molar-refractivity contribution in [3.63, 3.8) is 0 Å². The lowest BCUT2D eigenvalue weighted by Crippen LogP contribution is -2.51. The van der Waals surface area contributed by atoms with Gasteiger partial charge in [-0.2, -0.15) is 0 Å². The molecule has 0 spiro atoms. The fourth-order valence-corrected chi connectivity index (χ4v) is 2.74. The molecule has 4 nitrogen and oxygen atoms in total. The van der Waals surface area contributed by atoms with Gasteiger partial charge in [0.2, 0.25) is 5.91 Å². The maximum atomic E-state index is 12.3. The molecule has 1 saturated heterocycles. The Morgan fingerprint density at radius 1 is 1.26 bits per heavy atom. The summed E-state index contributed by atoms with van der Waals surface area (Å²) in [6.07, 6.45) is 5.14. The summed E-state index contributed by atoms with van der Waals surface area (Å²) < 4.78 is 0. The van der Waals surface area contributed by atoms with E-state index in [1.54, 1.807) is 0 Å². The minimum atomic E-state index is -0.335. The molecule has 0 bridgehead atoms. The molecule has 3 N–H and O–H groups in total. The number of hydrogen-bond donors (Lipinski definition) is 2. The third kappa shape index (κ3) is 4.46. The SMILES string of the molecule is CC(C)C(N)C(=O)N1CCCC(CNCC2CC2)C1. The molecule has 1 amide bonds. The van der Waals surface area contributed by atoms with Gasteiger partial charge >= 0.3 is 0 Å². The average Bonchev–Trinajstić information content (AvgIpc) is 3.21. The maximum absolute atomic E-state index is 12.3. The summed E-state index contributed by atoms with van der Waals surface area (Å²) in [5.74, 6) is 1.90. The van der Waals surface area contributed by atoms with Crippen LogP contribution in [0.2, 0.25) is 0 Å². The first kappa shape index (κ1) is 14.8. The molecule has 2 fully saturated rings. The van der Waals surface area contributed by atoms with Crippen LogP contribution in [0, 0.1) is 17.8 Å². The fraction of sp³-hybridized carbons (Fsp3) is 0.933. The van der Waals surface area contributed by atoms with E-state index in [1.807, 2.05) is 18.7 Å². The Balaban J connectivity index is 1.73. The molecule has 2 aliphatic rings. The van der Waals surface area contributed by atoms with E-state index in [1.165, 1.54) is 19.3 Å². The van der Waals surface area contributed by atoms with Crippen LogP contribution in [0.3, 0.4) is 0 Å². The third-order valence-corrected chi connectivity index (χ3v) is 4.40. The van der Waals surface area contributed by atoms with Gasteiger partial charge in [0.1, 0.15) is 0 Å². The van der Waals surface area contributed by atoms with Gasteiger partial charge in [-0.3, -0.25) is 4.79 Å². The molecule has 1 saturated carbocycles. The second kappa shape index (κ2) is 6.71. The topological polar surface area (TPSA) is 58.4 Å². The quantitative estimate of drug-likeness (QED) is 0.760. The van der Waals surface area contributed by atoms with Crippen LogP contribution in [0.1, 0.15) is 39.5 Å². The zero-order valence-corrected chi connectivity index (χ0v) is 12.4. The molecule has 110 valence electrons. The van der Waals surface area contributed by atoms with Gasteiger partial charge in [0.05, 0.1) is 6.04 Å². The standard InChI is InChI=1S/C15H29N3O/c1-11(2)14(16)15(19)18-7-3-4-13(10-18)9-17-8-12-5-6-12/h11-14,17H,3-10,16H2,1-2H3. The monoisotopic (exact) mass is 267 g/mol. The number of carbonyl (C=O) groups excluding carboxylic acids is 1. The highest BCUT2D eigenvalue weighted by Crippen LogP contribution is 2.27. The van der Waals surface area contributed by atoms with Gasteiger partial charge in [0, 0.05) is 13.1 Å². The molecule has 1 aliphatic carbocycles. The first-order valence-corrected chi connectivity index (χ1v) is 7.83. The highest BCUT2D eigenvalue weighted by atomic mass is 16.2. The fourth-order valence-electron chi connectivity index (χ4n) is 2.74. The van der Waals surface area contributed by atoms with E-state index < -0.39 is 0 Å². The van der Waals surface area contributed by atoms with Crippen LogP contribution in [-0.4, -0.2) is 43.0 Å². The van der Waals surface area contributed by atoms with Crippen molar-refractivity contribution in [3.8, 4) is 0 Å². The van der Waals surface area contributed by atoms with Gasteiger partial charge in [-0.25, -0.2) is 0 Å². The van der Waals surface area contributed by atoms with Gasteiger partial charge < -0.3 is 16.0 Å². The van der Waals surface area contributed by atoms with E-state index in [4.69, 9.17) is 5.73 Å². The average molecular weight is 267 g/mol. The van der Waals surface area contributed by atoms with Gasteiger partial charge in [-0.05, 0) is 56.5 Å². The van der Waals surface area contributed by atoms with Crippen LogP contribution in [0.15, 0.2) is 0 Å². The van der Waals surface area contributed by atoms with E-state index in [-0.39, 0.29) is 17.9 Å². The number of likely N-dealkylation sites (tertiary alicyclic amines) is 1. The summed E-state index contributed by atoms with van der Waals surface area (Å²) >= 11 is 0. The van der Waals surface area contributed by atoms with E-state index in [2.05, 4.69) is 5.32 Å². The zero-order valence-electron chi connectivity index (χ0n) is 12.4. The normalized spacial score (nSPS) is 25.7. The molecule has 4 heteroatoms. The number of hydrogen-bond acceptors (Lipinski definition) is 3. The lowest BCUT2D eigenvalue weighted by molar-refractivity contribution is -0.135. The Kier molecular flexibility index (Phi) is 5.22. The number of nitrogens with zero attached hydrogens (tertiary/aromatic N) is 1. The van der Waals surface area contributed by atoms with Gasteiger partial charge in [0.15, 0.2) is 0 Å². The van der Waals surface area contributed by atoms with Crippen molar-refractivity contribution in [3.05, 3.63) is 0 Å². The summed E-state index contributed by atoms with van der Waals surface area (Å²) in [5, 5.41) is 3.56. The Bertz CT molecular complexity index is 302. The first-order valence-electron chi connectivity index (χ1n) is 7.83. The zero-order chi connectivity index (χ0) is 13.8. The Labute approximate surface area is 117 Å². The van der Waals surface area contributed by atoms with E-state index >= 15 is 0 Å². The van der Waals surface area contributed by atoms with Crippen LogP contribution in [0.25, 0.3) is 0 Å². The number of rotatable bonds is 6. The summed E-state index contributed by atoms with van der Waals surface area (Å²) in [6.45, 7) is 8.02. The van der Waals surface area contributed by atoms with Gasteiger partial charge in [-0.1, -0.05) is 13.8 Å². The molecule has 2 unspecified atom stereocenters. The first-order chi connectivity index (χ1) is 9.08. The molecule has 19 heavy (non-hydrogen) atoms. The van der Waals surface area contributed by atoms with Crippen molar-refractivity contribution in [1.29, 1.82) is 0 Å². The molecular weight excluding hydrogens is 238 g/mol. The number of amides is 1. The van der Waals surface area contributed by atoms with Crippen LogP contribution in [-0.2, 0) is 4.79 Å². The second-order valence-electron chi connectivity index (χ2n) is 6.66. The van der Waals surface area contributed by atoms with Crippen LogP contribution in [0.4, 0.5) is 0 Å². The molecule has 2 rings (SSSR count). The molecule has 1 aliphatic heterocycles. The van der Waals surface area contributed by atoms with Gasteiger partial charge in [-0.15, -0.1) is 0 Å². The van der Waals surface area contributed by atoms with Crippen molar-refractivity contribution in [2.24, 2.45) is 23.5 Å². The molecule has 2 atom stereocenters. The molecular formula is C15H29N3O. The van der Waals surface area contributed by atoms with E-state index in [0.29, 0.717) is 5.92 Å². The summed E-state index contributed by atoms with van der Waals surface area (Å²) in [6, 6.07) is -0.335. The lowest BCUT2D eigenvalue weighted by Gasteiger charge is -2.35. The van der Waals surface area contributed by atoms with Gasteiger partial charge in [0.25, 0.3) is 0 Å². The highest BCUT2D eigenvalue weighted by molar-refractivity contribution is 5.82. The predicted octanol–water partition coefficient (Wildman–Crippen LogP) is 1.21. The molecule has 0 aromatic carbocycles. The van der Waals surface area contributed by atoms with Crippen molar-refractivity contribution in [1.82, 2.24) is 10.2 Å². The minimum absolute atomic E-state index is 0.141. The number of carbonyl (C=O) groups is 1. The maximum Gasteiger partial charge on any atom is 0.239 e. The number of nitrogens with one attached hydrogen (secondary N) is 1. The predicted molar refractivity (Wildman–Crippen MR) is 77.7 cm³/mol. The lowest BCUT2D eigenvalue weighted by atomic mass is 9.96. The second-order valence-corrected chi connectivity index (χ2v) is 6.66. The van der Waals surface area contributed by atoms with Crippen molar-refractivity contribution in [2.75, 3.05) is 26.2 Å². The summed E-state index contributed by atoms with van der Waals surface area (Å²) in [7, 11) is 0. The molecule has 1 heterocycles. The molecule has 0 aromatic rings. The van der Waals surface area contributed by atoms with Crippen molar-refractivity contribution < 1.29 is 4.79 Å². The Hall–Kier alpha value is -0.610. The van der Waals surface area contributed by atoms with E-state index in [9.17, 15) is 4.79 Å². The largest absolute Gasteiger partial charge is 0.341 e. The third-order valence-electron chi connectivity index (χ3n) is 4.40.